The molecule has 2 N–H and O–H groups in total. The highest BCUT2D eigenvalue weighted by atomic mass is 35.5. The van der Waals surface area contributed by atoms with Gasteiger partial charge in [0.05, 0.1) is 16.0 Å². The van der Waals surface area contributed by atoms with Crippen LogP contribution in [0.2, 0.25) is 5.02 Å². The number of nitro groups is 1. The number of nitrogens with zero attached hydrogens (tertiary/aromatic N) is 2. The molecular weight excluding hydrogens is 509 g/mol. The minimum Gasteiger partial charge on any atom is -0.382 e. The van der Waals surface area contributed by atoms with Crippen molar-refractivity contribution in [2.45, 2.75) is 48.8 Å². The Hall–Kier alpha value is -2.96. The van der Waals surface area contributed by atoms with Gasteiger partial charge >= 0.3 is 6.18 Å². The van der Waals surface area contributed by atoms with E-state index in [0.29, 0.717) is 42.8 Å². The lowest BCUT2D eigenvalue weighted by molar-refractivity contribution is -0.388. The number of pyridine rings is 1. The van der Waals surface area contributed by atoms with Gasteiger partial charge in [-0.3, -0.25) is 15.1 Å². The summed E-state index contributed by atoms with van der Waals surface area (Å²) in [4.78, 5) is 13.7. The van der Waals surface area contributed by atoms with Crippen LogP contribution in [-0.4, -0.2) is 30.4 Å². The molecule has 13 heteroatoms. The Bertz CT molecular complexity index is 1380. The molecule has 1 fully saturated rings. The standard InChI is InChI=1S/C22H20ClF3N4O4S/c23-14-2-7-17-18(9-10-27-19(17)12-14)28-15-3-5-16(6-4-15)29-35(33,34)21-8-1-13(22(24,25)26)11-20(21)30(31)32/h1-2,7-12,15-16,29H,3-6H2,(H,27,28). The molecule has 1 heterocycles. The van der Waals surface area contributed by atoms with Gasteiger partial charge in [0.25, 0.3) is 5.69 Å². The van der Waals surface area contributed by atoms with Gasteiger partial charge in [-0.25, -0.2) is 13.1 Å². The molecule has 0 amide bonds. The molecule has 8 nitrogen and oxygen atoms in total. The van der Waals surface area contributed by atoms with Crippen LogP contribution >= 0.6 is 11.6 Å². The van der Waals surface area contributed by atoms with E-state index in [2.05, 4.69) is 15.0 Å². The Morgan fingerprint density at radius 1 is 1.03 bits per heavy atom. The van der Waals surface area contributed by atoms with Crippen LogP contribution in [0, 0.1) is 10.1 Å². The van der Waals surface area contributed by atoms with E-state index in [-0.39, 0.29) is 12.1 Å². The van der Waals surface area contributed by atoms with Crippen molar-refractivity contribution in [1.29, 1.82) is 0 Å². The number of hydrogen-bond donors (Lipinski definition) is 2. The molecule has 0 unspecified atom stereocenters. The molecule has 1 aromatic heterocycles. The summed E-state index contributed by atoms with van der Waals surface area (Å²) in [7, 11) is -4.41. The van der Waals surface area contributed by atoms with Gasteiger partial charge < -0.3 is 5.32 Å². The quantitative estimate of drug-likeness (QED) is 0.322. The largest absolute Gasteiger partial charge is 0.416 e. The molecule has 35 heavy (non-hydrogen) atoms. The van der Waals surface area contributed by atoms with Crippen LogP contribution in [0.1, 0.15) is 31.2 Å². The zero-order valence-corrected chi connectivity index (χ0v) is 19.6. The van der Waals surface area contributed by atoms with Crippen molar-refractivity contribution < 1.29 is 26.5 Å². The molecule has 0 saturated heterocycles. The molecule has 0 bridgehead atoms. The second-order valence-electron chi connectivity index (χ2n) is 8.27. The van der Waals surface area contributed by atoms with Crippen molar-refractivity contribution in [3.8, 4) is 0 Å². The van der Waals surface area contributed by atoms with Crippen LogP contribution in [0.5, 0.6) is 0 Å². The van der Waals surface area contributed by atoms with Crippen LogP contribution in [0.3, 0.4) is 0 Å². The zero-order chi connectivity index (χ0) is 25.4. The fraction of sp³-hybridized carbons (Fsp3) is 0.318. The highest BCUT2D eigenvalue weighted by Gasteiger charge is 2.36. The summed E-state index contributed by atoms with van der Waals surface area (Å²) < 4.78 is 66.8. The minimum absolute atomic E-state index is 0.0532. The first-order chi connectivity index (χ1) is 16.4. The van der Waals surface area contributed by atoms with Crippen molar-refractivity contribution in [2.24, 2.45) is 0 Å². The number of aromatic nitrogens is 1. The number of sulfonamides is 1. The highest BCUT2D eigenvalue weighted by Crippen LogP contribution is 2.35. The fourth-order valence-electron chi connectivity index (χ4n) is 4.17. The van der Waals surface area contributed by atoms with Crippen molar-refractivity contribution in [2.75, 3.05) is 5.32 Å². The molecule has 1 aliphatic rings. The maximum absolute atomic E-state index is 12.9. The first-order valence-electron chi connectivity index (χ1n) is 10.6. The average molecular weight is 529 g/mol. The summed E-state index contributed by atoms with van der Waals surface area (Å²) in [6, 6.07) is 8.16. The summed E-state index contributed by atoms with van der Waals surface area (Å²) >= 11 is 6.03. The molecule has 186 valence electrons. The van der Waals surface area contributed by atoms with Crippen LogP contribution in [-0.2, 0) is 16.2 Å². The van der Waals surface area contributed by atoms with Gasteiger partial charge in [-0.15, -0.1) is 0 Å². The predicted octanol–water partition coefficient (Wildman–Crippen LogP) is 5.52. The van der Waals surface area contributed by atoms with Crippen LogP contribution in [0.4, 0.5) is 24.5 Å². The Labute approximate surface area is 203 Å². The molecule has 3 aromatic rings. The molecule has 0 radical (unpaired) electrons. The molecule has 0 atom stereocenters. The Balaban J connectivity index is 1.44. The van der Waals surface area contributed by atoms with Crippen LogP contribution in [0.25, 0.3) is 10.9 Å². The summed E-state index contributed by atoms with van der Waals surface area (Å²) in [6.45, 7) is 0. The molecule has 2 aromatic carbocycles. The SMILES string of the molecule is O=[N+]([O-])c1cc(C(F)(F)F)ccc1S(=O)(=O)NC1CCC(Nc2ccnc3cc(Cl)ccc23)CC1. The van der Waals surface area contributed by atoms with Gasteiger partial charge in [-0.2, -0.15) is 13.2 Å². The number of alkyl halides is 3. The number of halogens is 4. The lowest BCUT2D eigenvalue weighted by atomic mass is 9.91. The molecule has 1 saturated carbocycles. The van der Waals surface area contributed by atoms with E-state index in [1.165, 1.54) is 0 Å². The number of benzene rings is 2. The fourth-order valence-corrected chi connectivity index (χ4v) is 5.79. The molecule has 4 rings (SSSR count). The third-order valence-electron chi connectivity index (χ3n) is 5.89. The van der Waals surface area contributed by atoms with E-state index >= 15 is 0 Å². The maximum atomic E-state index is 12.9. The molecule has 1 aliphatic carbocycles. The third kappa shape index (κ3) is 5.65. The van der Waals surface area contributed by atoms with Gasteiger partial charge in [0.15, 0.2) is 4.90 Å². The van der Waals surface area contributed by atoms with E-state index in [9.17, 15) is 31.7 Å². The van der Waals surface area contributed by atoms with Gasteiger partial charge in [0.2, 0.25) is 10.0 Å². The summed E-state index contributed by atoms with van der Waals surface area (Å²) in [5.74, 6) is 0. The number of fused-ring (bicyclic) bond motifs is 1. The van der Waals surface area contributed by atoms with Gasteiger partial charge in [0, 0.05) is 40.4 Å². The van der Waals surface area contributed by atoms with E-state index in [0.717, 1.165) is 16.6 Å². The first kappa shape index (κ1) is 25.1. The number of nitrogens with one attached hydrogen (secondary N) is 2. The van der Waals surface area contributed by atoms with Crippen LogP contribution < -0.4 is 10.0 Å². The lowest BCUT2D eigenvalue weighted by Gasteiger charge is -2.30. The van der Waals surface area contributed by atoms with Crippen molar-refractivity contribution in [3.63, 3.8) is 0 Å². The average Bonchev–Trinajstić information content (AvgIpc) is 2.79. The normalized spacial score (nSPS) is 19.0. The topological polar surface area (TPSA) is 114 Å². The lowest BCUT2D eigenvalue weighted by Crippen LogP contribution is -2.40. The second-order valence-corrected chi connectivity index (χ2v) is 10.4. The minimum atomic E-state index is -4.84. The van der Waals surface area contributed by atoms with Crippen LogP contribution in [0.15, 0.2) is 53.6 Å². The third-order valence-corrected chi connectivity index (χ3v) is 7.69. The summed E-state index contributed by atoms with van der Waals surface area (Å²) in [5, 5.41) is 16.2. The predicted molar refractivity (Wildman–Crippen MR) is 125 cm³/mol. The van der Waals surface area contributed by atoms with E-state index < -0.39 is 43.3 Å². The number of nitro benzene ring substituents is 1. The van der Waals surface area contributed by atoms with E-state index in [1.807, 2.05) is 12.1 Å². The monoisotopic (exact) mass is 528 g/mol. The Morgan fingerprint density at radius 3 is 2.37 bits per heavy atom. The van der Waals surface area contributed by atoms with E-state index in [1.54, 1.807) is 18.3 Å². The Kier molecular flexibility index (Phi) is 6.89. The second kappa shape index (κ2) is 9.59. The summed E-state index contributed by atoms with van der Waals surface area (Å²) in [6.07, 6.45) is -1.06. The Morgan fingerprint density at radius 2 is 1.71 bits per heavy atom. The zero-order valence-electron chi connectivity index (χ0n) is 18.0. The van der Waals surface area contributed by atoms with Gasteiger partial charge in [-0.05, 0) is 62.1 Å². The number of rotatable bonds is 6. The molecule has 0 aliphatic heterocycles. The first-order valence-corrected chi connectivity index (χ1v) is 12.5. The maximum Gasteiger partial charge on any atom is 0.416 e. The van der Waals surface area contributed by atoms with Gasteiger partial charge in [0.1, 0.15) is 0 Å². The van der Waals surface area contributed by atoms with Crippen molar-refractivity contribution >= 4 is 43.9 Å². The number of hydrogen-bond acceptors (Lipinski definition) is 6. The van der Waals surface area contributed by atoms with E-state index in [4.69, 9.17) is 11.6 Å². The highest BCUT2D eigenvalue weighted by molar-refractivity contribution is 7.89. The summed E-state index contributed by atoms with van der Waals surface area (Å²) in [5.41, 5.74) is -0.800. The molecular formula is C22H20ClF3N4O4S. The molecule has 0 spiro atoms. The van der Waals surface area contributed by atoms with Crippen molar-refractivity contribution in [3.05, 3.63) is 69.4 Å². The number of anilines is 1. The smallest absolute Gasteiger partial charge is 0.382 e. The van der Waals surface area contributed by atoms with Gasteiger partial charge in [-0.1, -0.05) is 11.6 Å². The van der Waals surface area contributed by atoms with Crippen molar-refractivity contribution in [1.82, 2.24) is 9.71 Å².